The van der Waals surface area contributed by atoms with Gasteiger partial charge in [0.05, 0.1) is 15.8 Å². The van der Waals surface area contributed by atoms with Gasteiger partial charge in [-0.2, -0.15) is 4.58 Å². The summed E-state index contributed by atoms with van der Waals surface area (Å²) in [6, 6.07) is 18.1. The molecule has 0 bridgehead atoms. The van der Waals surface area contributed by atoms with Crippen molar-refractivity contribution in [2.24, 2.45) is 0 Å². The average molecular weight is 380 g/mol. The molecule has 1 aliphatic rings. The number of hydrogen-bond donors (Lipinski definition) is 0. The van der Waals surface area contributed by atoms with Crippen molar-refractivity contribution in [1.82, 2.24) is 0 Å². The lowest BCUT2D eigenvalue weighted by Gasteiger charge is -2.16. The third kappa shape index (κ3) is 2.73. The summed E-state index contributed by atoms with van der Waals surface area (Å²) in [7, 11) is 0.828. The van der Waals surface area contributed by atoms with E-state index in [-0.39, 0.29) is 0 Å². The van der Waals surface area contributed by atoms with Gasteiger partial charge in [0.1, 0.15) is 7.05 Å². The molecule has 0 spiro atoms. The molecule has 0 atom stereocenters. The Morgan fingerprint density at radius 2 is 1.70 bits per heavy atom. The predicted octanol–water partition coefficient (Wildman–Crippen LogP) is 3.82. The smallest absolute Gasteiger partial charge is 0.220 e. The molecule has 0 aliphatic carbocycles. The Bertz CT molecular complexity index is 1190. The van der Waals surface area contributed by atoms with E-state index < -0.39 is 9.84 Å². The maximum atomic E-state index is 12.2. The molecule has 1 aliphatic heterocycles. The number of nitrogens with zero attached hydrogens (tertiary/aromatic N) is 2. The van der Waals surface area contributed by atoms with Crippen LogP contribution in [-0.4, -0.2) is 45.6 Å². The predicted molar refractivity (Wildman–Crippen MR) is 111 cm³/mol. The average Bonchev–Trinajstić information content (AvgIpc) is 2.94. The second kappa shape index (κ2) is 6.20. The van der Waals surface area contributed by atoms with Gasteiger partial charge in [-0.3, -0.25) is 0 Å². The summed E-state index contributed by atoms with van der Waals surface area (Å²) in [6.45, 7) is 3.08. The molecule has 0 radical (unpaired) electrons. The normalized spacial score (nSPS) is 13.5. The Morgan fingerprint density at radius 3 is 2.33 bits per heavy atom. The van der Waals surface area contributed by atoms with Gasteiger partial charge in [-0.25, -0.2) is 8.42 Å². The van der Waals surface area contributed by atoms with E-state index in [1.54, 1.807) is 6.07 Å². The van der Waals surface area contributed by atoms with Crippen LogP contribution in [0.5, 0.6) is 0 Å². The molecular weight excluding hydrogens is 356 g/mol. The van der Waals surface area contributed by atoms with Crippen LogP contribution in [0.2, 0.25) is 0 Å². The first-order chi connectivity index (χ1) is 12.8. The Hall–Kier alpha value is -2.66. The lowest BCUT2D eigenvalue weighted by Crippen LogP contribution is -2.16. The molecule has 0 amide bonds. The molecule has 3 aromatic rings. The molecule has 0 saturated carbocycles. The van der Waals surface area contributed by atoms with Gasteiger partial charge in [-0.15, -0.1) is 0 Å². The van der Waals surface area contributed by atoms with Crippen molar-refractivity contribution in [3.8, 4) is 0 Å². The summed E-state index contributed by atoms with van der Waals surface area (Å²) >= 11 is 0. The molecular formula is C22H23N2O2S+. The highest BCUT2D eigenvalue weighted by atomic mass is 32.2. The van der Waals surface area contributed by atoms with Gasteiger partial charge in [-0.05, 0) is 43.3 Å². The van der Waals surface area contributed by atoms with Crippen LogP contribution in [0.15, 0.2) is 59.5 Å². The van der Waals surface area contributed by atoms with Crippen LogP contribution in [0, 0.1) is 0 Å². The molecule has 27 heavy (non-hydrogen) atoms. The minimum atomic E-state index is -3.29. The Morgan fingerprint density at radius 1 is 1.00 bits per heavy atom. The molecule has 0 aromatic heterocycles. The lowest BCUT2D eigenvalue weighted by molar-refractivity contribution is -0.399. The zero-order valence-corrected chi connectivity index (χ0v) is 16.8. The van der Waals surface area contributed by atoms with E-state index in [4.69, 9.17) is 0 Å². The summed E-state index contributed by atoms with van der Waals surface area (Å²) in [5, 5.41) is 1.80. The van der Waals surface area contributed by atoms with Crippen LogP contribution >= 0.6 is 0 Å². The number of hydrogen-bond acceptors (Lipinski definition) is 3. The van der Waals surface area contributed by atoms with Crippen molar-refractivity contribution < 1.29 is 13.0 Å². The first-order valence-corrected chi connectivity index (χ1v) is 10.9. The van der Waals surface area contributed by atoms with Crippen molar-refractivity contribution in [3.05, 3.63) is 65.7 Å². The maximum absolute atomic E-state index is 12.2. The SMILES string of the molecule is CCN(C)c1ccc(C2=[N+](C)c3ccc(S(C)(=O)=O)c4cccc2c34)cc1. The van der Waals surface area contributed by atoms with Gasteiger partial charge in [-0.1, -0.05) is 12.1 Å². The van der Waals surface area contributed by atoms with Crippen molar-refractivity contribution in [3.63, 3.8) is 0 Å². The van der Waals surface area contributed by atoms with E-state index in [2.05, 4.69) is 53.8 Å². The van der Waals surface area contributed by atoms with Crippen molar-refractivity contribution in [1.29, 1.82) is 0 Å². The number of sulfone groups is 1. The van der Waals surface area contributed by atoms with Crippen LogP contribution < -0.4 is 4.90 Å². The molecule has 0 saturated heterocycles. The minimum Gasteiger partial charge on any atom is -0.375 e. The zero-order valence-electron chi connectivity index (χ0n) is 16.0. The number of anilines is 1. The minimum absolute atomic E-state index is 0.387. The first-order valence-electron chi connectivity index (χ1n) is 9.01. The van der Waals surface area contributed by atoms with Crippen molar-refractivity contribution in [2.75, 3.05) is 31.8 Å². The quantitative estimate of drug-likeness (QED) is 0.647. The van der Waals surface area contributed by atoms with E-state index in [1.807, 2.05) is 25.2 Å². The van der Waals surface area contributed by atoms with E-state index in [0.29, 0.717) is 4.90 Å². The van der Waals surface area contributed by atoms with Crippen LogP contribution in [0.25, 0.3) is 10.8 Å². The zero-order chi connectivity index (χ0) is 19.3. The number of benzene rings is 3. The molecule has 3 aromatic carbocycles. The van der Waals surface area contributed by atoms with E-state index >= 15 is 0 Å². The van der Waals surface area contributed by atoms with E-state index in [1.165, 1.54) is 11.9 Å². The second-order valence-electron chi connectivity index (χ2n) is 7.05. The molecule has 0 N–H and O–H groups in total. The van der Waals surface area contributed by atoms with Crippen molar-refractivity contribution >= 4 is 37.7 Å². The summed E-state index contributed by atoms with van der Waals surface area (Å²) in [5.74, 6) is 0. The van der Waals surface area contributed by atoms with Gasteiger partial charge in [0.25, 0.3) is 0 Å². The van der Waals surface area contributed by atoms with Crippen LogP contribution in [0.1, 0.15) is 18.1 Å². The van der Waals surface area contributed by atoms with Gasteiger partial charge < -0.3 is 4.90 Å². The monoisotopic (exact) mass is 379 g/mol. The third-order valence-corrected chi connectivity index (χ3v) is 6.54. The van der Waals surface area contributed by atoms with Gasteiger partial charge in [0, 0.05) is 42.6 Å². The van der Waals surface area contributed by atoms with Gasteiger partial charge in [0.2, 0.25) is 11.4 Å². The highest BCUT2D eigenvalue weighted by Crippen LogP contribution is 2.39. The van der Waals surface area contributed by atoms with Crippen molar-refractivity contribution in [2.45, 2.75) is 11.8 Å². The molecule has 0 unspecified atom stereocenters. The summed E-state index contributed by atoms with van der Waals surface area (Å²) in [5.41, 5.74) is 5.52. The van der Waals surface area contributed by atoms with Crippen LogP contribution in [0.4, 0.5) is 11.4 Å². The first kappa shape index (κ1) is 17.7. The highest BCUT2D eigenvalue weighted by Gasteiger charge is 2.32. The van der Waals surface area contributed by atoms with E-state index in [9.17, 15) is 8.42 Å². The Kier molecular flexibility index (Phi) is 4.07. The lowest BCUT2D eigenvalue weighted by atomic mass is 9.98. The maximum Gasteiger partial charge on any atom is 0.220 e. The second-order valence-corrected chi connectivity index (χ2v) is 9.04. The van der Waals surface area contributed by atoms with Gasteiger partial charge >= 0.3 is 0 Å². The Balaban J connectivity index is 1.92. The standard InChI is InChI=1S/C22H23N2O2S/c1-5-23(2)16-11-9-15(10-12-16)22-18-8-6-7-17-20(27(4,25)26)14-13-19(21(17)18)24(22)3/h6-14H,5H2,1-4H3/q+1. The summed E-state index contributed by atoms with van der Waals surface area (Å²) < 4.78 is 26.6. The fourth-order valence-electron chi connectivity index (χ4n) is 3.87. The van der Waals surface area contributed by atoms with Crippen LogP contribution in [0.3, 0.4) is 0 Å². The molecule has 138 valence electrons. The summed E-state index contributed by atoms with van der Waals surface area (Å²) in [4.78, 5) is 2.58. The summed E-state index contributed by atoms with van der Waals surface area (Å²) in [6.07, 6.45) is 1.27. The largest absolute Gasteiger partial charge is 0.375 e. The molecule has 5 heteroatoms. The molecule has 1 heterocycles. The fourth-order valence-corrected chi connectivity index (χ4v) is 4.75. The number of rotatable bonds is 4. The highest BCUT2D eigenvalue weighted by molar-refractivity contribution is 7.91. The third-order valence-electron chi connectivity index (χ3n) is 5.39. The molecule has 4 nitrogen and oxygen atoms in total. The topological polar surface area (TPSA) is 40.4 Å². The molecule has 0 fully saturated rings. The fraction of sp³-hybridized carbons (Fsp3) is 0.227. The molecule has 4 rings (SSSR count). The van der Waals surface area contributed by atoms with Gasteiger partial charge in [0.15, 0.2) is 9.84 Å². The Labute approximate surface area is 160 Å². The van der Waals surface area contributed by atoms with Crippen LogP contribution in [-0.2, 0) is 9.84 Å². The van der Waals surface area contributed by atoms with E-state index in [0.717, 1.165) is 39.8 Å².